The number of hydrogen-bond donors (Lipinski definition) is 5. The molecule has 2 bridgehead atoms. The summed E-state index contributed by atoms with van der Waals surface area (Å²) in [6, 6.07) is 0. The molecule has 5 N–H and O–H groups in total. The van der Waals surface area contributed by atoms with Crippen molar-refractivity contribution in [2.75, 3.05) is 0 Å². The second kappa shape index (κ2) is 4.96. The van der Waals surface area contributed by atoms with E-state index in [2.05, 4.69) is 12.7 Å². The second-order valence-corrected chi connectivity index (χ2v) is 9.44. The molecule has 25 heavy (non-hydrogen) atoms. The van der Waals surface area contributed by atoms with Gasteiger partial charge in [-0.15, -0.1) is 0 Å². The summed E-state index contributed by atoms with van der Waals surface area (Å²) in [6.07, 6.45) is -0.184. The molecule has 4 aliphatic carbocycles. The van der Waals surface area contributed by atoms with Crippen molar-refractivity contribution in [3.8, 4) is 0 Å². The average molecular weight is 350 g/mol. The summed E-state index contributed by atoms with van der Waals surface area (Å²) in [5.41, 5.74) is -1.64. The zero-order valence-electron chi connectivity index (χ0n) is 15.2. The monoisotopic (exact) mass is 350 g/mol. The van der Waals surface area contributed by atoms with Crippen LogP contribution in [0.25, 0.3) is 0 Å². The van der Waals surface area contributed by atoms with Crippen LogP contribution in [0.5, 0.6) is 0 Å². The van der Waals surface area contributed by atoms with Gasteiger partial charge in [-0.2, -0.15) is 0 Å². The Balaban J connectivity index is 1.90. The molecule has 5 heteroatoms. The number of aliphatic hydroxyl groups is 5. The van der Waals surface area contributed by atoms with Gasteiger partial charge >= 0.3 is 0 Å². The number of hydrogen-bond acceptors (Lipinski definition) is 5. The van der Waals surface area contributed by atoms with E-state index >= 15 is 0 Å². The van der Waals surface area contributed by atoms with Gasteiger partial charge < -0.3 is 25.5 Å². The number of fused-ring (bicyclic) bond motifs is 2. The molecule has 0 aliphatic heterocycles. The molecule has 3 saturated carbocycles. The maximum absolute atomic E-state index is 11.6. The van der Waals surface area contributed by atoms with Gasteiger partial charge in [0.1, 0.15) is 5.60 Å². The van der Waals surface area contributed by atoms with Crippen molar-refractivity contribution < 1.29 is 25.5 Å². The minimum atomic E-state index is -1.69. The number of rotatable bonds is 0. The van der Waals surface area contributed by atoms with Crippen molar-refractivity contribution >= 4 is 0 Å². The smallest absolute Gasteiger partial charge is 0.107 e. The minimum absolute atomic E-state index is 0.0901. The molecule has 0 aromatic rings. The van der Waals surface area contributed by atoms with Crippen LogP contribution in [0.15, 0.2) is 23.8 Å². The van der Waals surface area contributed by atoms with Crippen LogP contribution in [0.3, 0.4) is 0 Å². The van der Waals surface area contributed by atoms with Crippen LogP contribution in [0.1, 0.15) is 40.0 Å². The minimum Gasteiger partial charge on any atom is -0.392 e. The van der Waals surface area contributed by atoms with E-state index in [-0.39, 0.29) is 18.3 Å². The van der Waals surface area contributed by atoms with E-state index in [1.165, 1.54) is 0 Å². The second-order valence-electron chi connectivity index (χ2n) is 9.44. The van der Waals surface area contributed by atoms with Gasteiger partial charge in [0, 0.05) is 22.7 Å². The van der Waals surface area contributed by atoms with Gasteiger partial charge in [-0.1, -0.05) is 37.6 Å². The summed E-state index contributed by atoms with van der Waals surface area (Å²) in [5.74, 6) is -0.845. The maximum Gasteiger partial charge on any atom is 0.107 e. The molecule has 5 nitrogen and oxygen atoms in total. The fraction of sp³-hybridized carbons (Fsp3) is 0.800. The molecule has 0 heterocycles. The molecule has 3 fully saturated rings. The van der Waals surface area contributed by atoms with E-state index in [0.717, 1.165) is 18.4 Å². The highest BCUT2D eigenvalue weighted by atomic mass is 16.4. The highest BCUT2D eigenvalue weighted by Gasteiger charge is 2.72. The molecule has 0 unspecified atom stereocenters. The predicted octanol–water partition coefficient (Wildman–Crippen LogP) is 0.749. The molecule has 0 aromatic heterocycles. The third-order valence-electron chi connectivity index (χ3n) is 8.24. The van der Waals surface area contributed by atoms with E-state index in [9.17, 15) is 25.5 Å². The molecule has 4 aliphatic rings. The summed E-state index contributed by atoms with van der Waals surface area (Å²) in [6.45, 7) is 9.60. The summed E-state index contributed by atoms with van der Waals surface area (Å²) in [7, 11) is 0. The lowest BCUT2D eigenvalue weighted by atomic mass is 9.60. The van der Waals surface area contributed by atoms with E-state index in [1.54, 1.807) is 13.8 Å². The first-order valence-electron chi connectivity index (χ1n) is 9.33. The van der Waals surface area contributed by atoms with Crippen LogP contribution >= 0.6 is 0 Å². The van der Waals surface area contributed by atoms with Crippen LogP contribution in [0, 0.1) is 28.6 Å². The van der Waals surface area contributed by atoms with E-state index in [1.807, 2.05) is 6.92 Å². The maximum atomic E-state index is 11.6. The average Bonchev–Trinajstić information content (AvgIpc) is 2.73. The zero-order chi connectivity index (χ0) is 18.5. The topological polar surface area (TPSA) is 101 Å². The first kappa shape index (κ1) is 17.7. The molecule has 4 rings (SSSR count). The molecule has 9 atom stereocenters. The normalized spacial score (nSPS) is 56.9. The Hall–Kier alpha value is -0.720. The predicted molar refractivity (Wildman–Crippen MR) is 92.4 cm³/mol. The lowest BCUT2D eigenvalue weighted by molar-refractivity contribution is -0.171. The first-order valence-corrected chi connectivity index (χ1v) is 9.33. The van der Waals surface area contributed by atoms with Crippen molar-refractivity contribution in [2.45, 2.75) is 70.1 Å². The van der Waals surface area contributed by atoms with Crippen LogP contribution in [0.2, 0.25) is 0 Å². The molecule has 1 spiro atoms. The first-order chi connectivity index (χ1) is 11.5. The Morgan fingerprint density at radius 3 is 2.36 bits per heavy atom. The zero-order valence-corrected chi connectivity index (χ0v) is 15.2. The van der Waals surface area contributed by atoms with Gasteiger partial charge in [-0.3, -0.25) is 0 Å². The van der Waals surface area contributed by atoms with Crippen LogP contribution in [0.4, 0.5) is 0 Å². The highest BCUT2D eigenvalue weighted by molar-refractivity contribution is 5.38. The Morgan fingerprint density at radius 1 is 1.08 bits per heavy atom. The Kier molecular flexibility index (Phi) is 3.51. The molecule has 0 aromatic carbocycles. The standard InChI is InChI=1S/C20H30O5/c1-9-7-19-8-13(21)20(25)14(15(22)17(24)18(20,3)4)10(2)12(19)6-5-11(9)16(19)23/h7,11-17,21-25H,2,5-6,8H2,1,3-4H3/t11-,12-,13+,14+,15+,16+,17-,19+,20+/m0/s1. The van der Waals surface area contributed by atoms with Gasteiger partial charge in [0.25, 0.3) is 0 Å². The van der Waals surface area contributed by atoms with Gasteiger partial charge in [0.05, 0.1) is 24.4 Å². The summed E-state index contributed by atoms with van der Waals surface area (Å²) >= 11 is 0. The molecule has 0 amide bonds. The Morgan fingerprint density at radius 2 is 1.72 bits per heavy atom. The number of aliphatic hydroxyl groups excluding tert-OH is 4. The Bertz CT molecular complexity index is 654. The van der Waals surface area contributed by atoms with Crippen LogP contribution in [-0.4, -0.2) is 55.5 Å². The molecule has 0 radical (unpaired) electrons. The summed E-state index contributed by atoms with van der Waals surface area (Å²) in [4.78, 5) is 0. The third kappa shape index (κ3) is 1.77. The van der Waals surface area contributed by atoms with Gasteiger partial charge in [-0.25, -0.2) is 0 Å². The molecular weight excluding hydrogens is 320 g/mol. The largest absolute Gasteiger partial charge is 0.392 e. The van der Waals surface area contributed by atoms with Crippen molar-refractivity contribution in [2.24, 2.45) is 28.6 Å². The van der Waals surface area contributed by atoms with Crippen LogP contribution < -0.4 is 0 Å². The lowest BCUT2D eigenvalue weighted by Crippen LogP contribution is -2.57. The third-order valence-corrected chi connectivity index (χ3v) is 8.24. The van der Waals surface area contributed by atoms with Crippen molar-refractivity contribution in [1.82, 2.24) is 0 Å². The molecule has 140 valence electrons. The lowest BCUT2D eigenvalue weighted by Gasteiger charge is -2.46. The van der Waals surface area contributed by atoms with Gasteiger partial charge in [-0.05, 0) is 32.1 Å². The SMILES string of the molecule is C=C1[C@@H]2[C@@H](O)[C@H](O)C(C)(C)[C@@]2(O)[C@H](O)C[C@]23C=C(C)[C@H](CC[C@@H]12)[C@H]3O. The quantitative estimate of drug-likeness (QED) is 0.415. The fourth-order valence-corrected chi connectivity index (χ4v) is 6.75. The summed E-state index contributed by atoms with van der Waals surface area (Å²) < 4.78 is 0. The fourth-order valence-electron chi connectivity index (χ4n) is 6.75. The molecule has 0 saturated heterocycles. The Labute approximate surface area is 148 Å². The van der Waals surface area contributed by atoms with Gasteiger partial charge in [0.2, 0.25) is 0 Å². The van der Waals surface area contributed by atoms with E-state index < -0.39 is 46.8 Å². The highest BCUT2D eigenvalue weighted by Crippen LogP contribution is 2.66. The molecular formula is C20H30O5. The van der Waals surface area contributed by atoms with Crippen LogP contribution in [-0.2, 0) is 0 Å². The van der Waals surface area contributed by atoms with Crippen molar-refractivity contribution in [1.29, 1.82) is 0 Å². The van der Waals surface area contributed by atoms with E-state index in [4.69, 9.17) is 0 Å². The van der Waals surface area contributed by atoms with Gasteiger partial charge in [0.15, 0.2) is 0 Å². The van der Waals surface area contributed by atoms with Crippen molar-refractivity contribution in [3.05, 3.63) is 23.8 Å². The van der Waals surface area contributed by atoms with Crippen molar-refractivity contribution in [3.63, 3.8) is 0 Å². The van der Waals surface area contributed by atoms with E-state index in [0.29, 0.717) is 5.57 Å². The summed E-state index contributed by atoms with van der Waals surface area (Å²) in [5, 5.41) is 55.0.